The summed E-state index contributed by atoms with van der Waals surface area (Å²) in [7, 11) is 1.60. The molecule has 2 aliphatic heterocycles. The molecule has 22 heavy (non-hydrogen) atoms. The van der Waals surface area contributed by atoms with Crippen LogP contribution in [0, 0.1) is 11.8 Å². The summed E-state index contributed by atoms with van der Waals surface area (Å²) >= 11 is 0. The Balaban J connectivity index is 1.88. The van der Waals surface area contributed by atoms with E-state index in [-0.39, 0.29) is 12.4 Å². The van der Waals surface area contributed by atoms with E-state index in [9.17, 15) is 10.2 Å². The monoisotopic (exact) mass is 305 g/mol. The third-order valence-electron chi connectivity index (χ3n) is 5.65. The summed E-state index contributed by atoms with van der Waals surface area (Å²) in [6.07, 6.45) is 4.31. The molecule has 2 N–H and O–H groups in total. The molecule has 0 spiro atoms. The summed E-state index contributed by atoms with van der Waals surface area (Å²) in [5, 5.41) is 19.8. The smallest absolute Gasteiger partial charge is 0.160 e. The van der Waals surface area contributed by atoms with Gasteiger partial charge in [-0.15, -0.1) is 0 Å². The molecule has 1 saturated heterocycles. The van der Waals surface area contributed by atoms with Gasteiger partial charge in [0.05, 0.1) is 7.11 Å². The minimum Gasteiger partial charge on any atom is -0.504 e. The average molecular weight is 305 g/mol. The second-order valence-corrected chi connectivity index (χ2v) is 6.66. The highest BCUT2D eigenvalue weighted by molar-refractivity contribution is 5.48. The minimum absolute atomic E-state index is 0.236. The normalized spacial score (nSPS) is 26.1. The van der Waals surface area contributed by atoms with Crippen molar-refractivity contribution in [2.75, 3.05) is 26.8 Å². The van der Waals surface area contributed by atoms with Crippen molar-refractivity contribution in [3.8, 4) is 11.5 Å². The van der Waals surface area contributed by atoms with Crippen molar-refractivity contribution < 1.29 is 14.9 Å². The number of fused-ring (bicyclic) bond motifs is 3. The molecule has 1 aromatic rings. The summed E-state index contributed by atoms with van der Waals surface area (Å²) < 4.78 is 5.24. The third kappa shape index (κ3) is 2.70. The Hall–Kier alpha value is -1.26. The van der Waals surface area contributed by atoms with E-state index >= 15 is 0 Å². The fourth-order valence-corrected chi connectivity index (χ4v) is 4.25. The van der Waals surface area contributed by atoms with Gasteiger partial charge in [0.1, 0.15) is 0 Å². The van der Waals surface area contributed by atoms with Gasteiger partial charge in [-0.2, -0.15) is 0 Å². The molecular weight excluding hydrogens is 278 g/mol. The highest BCUT2D eigenvalue weighted by Gasteiger charge is 2.36. The van der Waals surface area contributed by atoms with Gasteiger partial charge < -0.3 is 14.9 Å². The maximum atomic E-state index is 10.1. The van der Waals surface area contributed by atoms with Gasteiger partial charge in [0.25, 0.3) is 0 Å². The van der Waals surface area contributed by atoms with Crippen LogP contribution < -0.4 is 4.74 Å². The Morgan fingerprint density at radius 2 is 2.18 bits per heavy atom. The highest BCUT2D eigenvalue weighted by atomic mass is 16.5. The SMILES string of the molecule is CC[C@@H](CO)[C@H]1CCN2CCc3cc(OC)c(O)cc3[C@H]2C1. The van der Waals surface area contributed by atoms with Gasteiger partial charge in [-0.25, -0.2) is 0 Å². The molecule has 4 nitrogen and oxygen atoms in total. The summed E-state index contributed by atoms with van der Waals surface area (Å²) in [5.74, 6) is 1.78. The number of phenols is 1. The number of aliphatic hydroxyl groups is 1. The maximum absolute atomic E-state index is 10.1. The van der Waals surface area contributed by atoms with Crippen molar-refractivity contribution in [1.29, 1.82) is 0 Å². The van der Waals surface area contributed by atoms with Crippen LogP contribution >= 0.6 is 0 Å². The van der Waals surface area contributed by atoms with Crippen LogP contribution in [0.4, 0.5) is 0 Å². The predicted molar refractivity (Wildman–Crippen MR) is 86.3 cm³/mol. The fourth-order valence-electron chi connectivity index (χ4n) is 4.25. The molecule has 0 amide bonds. The van der Waals surface area contributed by atoms with Gasteiger partial charge in [-0.05, 0) is 60.9 Å². The molecule has 0 unspecified atom stereocenters. The van der Waals surface area contributed by atoms with E-state index in [1.54, 1.807) is 7.11 Å². The lowest BCUT2D eigenvalue weighted by Gasteiger charge is -2.45. The number of rotatable bonds is 4. The fraction of sp³-hybridized carbons (Fsp3) is 0.667. The minimum atomic E-state index is 0.236. The molecule has 0 radical (unpaired) electrons. The second kappa shape index (κ2) is 6.47. The lowest BCUT2D eigenvalue weighted by Crippen LogP contribution is -2.43. The van der Waals surface area contributed by atoms with Gasteiger partial charge >= 0.3 is 0 Å². The van der Waals surface area contributed by atoms with E-state index in [1.165, 1.54) is 17.5 Å². The Morgan fingerprint density at radius 1 is 1.36 bits per heavy atom. The van der Waals surface area contributed by atoms with E-state index in [2.05, 4.69) is 11.8 Å². The lowest BCUT2D eigenvalue weighted by atomic mass is 9.76. The standard InChI is InChI=1S/C18H27NO3/c1-3-12(11-20)13-4-6-19-7-5-14-9-18(22-2)17(21)10-15(14)16(19)8-13/h9-10,12-13,16,20-21H,3-8,11H2,1-2H3/t12-,13-,16+/m0/s1. The number of benzene rings is 1. The van der Waals surface area contributed by atoms with Crippen LogP contribution in [0.5, 0.6) is 11.5 Å². The zero-order valence-electron chi connectivity index (χ0n) is 13.6. The number of phenolic OH excluding ortho intramolecular Hbond substituents is 1. The Kier molecular flexibility index (Phi) is 4.59. The Bertz CT molecular complexity index is 527. The van der Waals surface area contributed by atoms with Gasteiger partial charge in [-0.1, -0.05) is 13.3 Å². The molecule has 1 aromatic carbocycles. The quantitative estimate of drug-likeness (QED) is 0.898. The summed E-state index contributed by atoms with van der Waals surface area (Å²) in [6.45, 7) is 4.62. The third-order valence-corrected chi connectivity index (χ3v) is 5.65. The number of methoxy groups -OCH3 is 1. The maximum Gasteiger partial charge on any atom is 0.160 e. The van der Waals surface area contributed by atoms with Crippen LogP contribution in [0.2, 0.25) is 0 Å². The first-order valence-electron chi connectivity index (χ1n) is 8.42. The molecule has 0 bridgehead atoms. The molecule has 2 aliphatic rings. The number of piperidine rings is 1. The van der Waals surface area contributed by atoms with Crippen molar-refractivity contribution in [3.05, 3.63) is 23.3 Å². The molecule has 122 valence electrons. The molecule has 0 aliphatic carbocycles. The molecule has 2 heterocycles. The van der Waals surface area contributed by atoms with Crippen molar-refractivity contribution in [1.82, 2.24) is 4.90 Å². The van der Waals surface area contributed by atoms with Crippen molar-refractivity contribution >= 4 is 0 Å². The zero-order valence-corrected chi connectivity index (χ0v) is 13.6. The molecule has 1 fully saturated rings. The number of ether oxygens (including phenoxy) is 1. The first kappa shape index (κ1) is 15.6. The molecular formula is C18H27NO3. The molecule has 0 aromatic heterocycles. The van der Waals surface area contributed by atoms with Crippen LogP contribution in [-0.4, -0.2) is 41.9 Å². The number of aliphatic hydroxyl groups excluding tert-OH is 1. The van der Waals surface area contributed by atoms with E-state index < -0.39 is 0 Å². The first-order chi connectivity index (χ1) is 10.7. The molecule has 3 atom stereocenters. The van der Waals surface area contributed by atoms with E-state index in [0.29, 0.717) is 23.6 Å². The van der Waals surface area contributed by atoms with Crippen LogP contribution in [-0.2, 0) is 6.42 Å². The number of hydrogen-bond acceptors (Lipinski definition) is 4. The van der Waals surface area contributed by atoms with E-state index in [0.717, 1.165) is 32.4 Å². The Morgan fingerprint density at radius 3 is 2.86 bits per heavy atom. The van der Waals surface area contributed by atoms with E-state index in [1.807, 2.05) is 12.1 Å². The van der Waals surface area contributed by atoms with Gasteiger partial charge in [0, 0.05) is 19.2 Å². The van der Waals surface area contributed by atoms with Crippen molar-refractivity contribution in [3.63, 3.8) is 0 Å². The van der Waals surface area contributed by atoms with Crippen LogP contribution in [0.15, 0.2) is 12.1 Å². The van der Waals surface area contributed by atoms with Crippen molar-refractivity contribution in [2.24, 2.45) is 11.8 Å². The van der Waals surface area contributed by atoms with Crippen LogP contribution in [0.1, 0.15) is 43.4 Å². The number of aromatic hydroxyl groups is 1. The largest absolute Gasteiger partial charge is 0.504 e. The van der Waals surface area contributed by atoms with Crippen LogP contribution in [0.25, 0.3) is 0 Å². The summed E-state index contributed by atoms with van der Waals surface area (Å²) in [4.78, 5) is 2.54. The van der Waals surface area contributed by atoms with Crippen molar-refractivity contribution in [2.45, 2.75) is 38.6 Å². The second-order valence-electron chi connectivity index (χ2n) is 6.66. The summed E-state index contributed by atoms with van der Waals surface area (Å²) in [5.41, 5.74) is 2.55. The topological polar surface area (TPSA) is 52.9 Å². The van der Waals surface area contributed by atoms with Gasteiger partial charge in [0.2, 0.25) is 0 Å². The average Bonchev–Trinajstić information content (AvgIpc) is 2.55. The number of nitrogens with zero attached hydrogens (tertiary/aromatic N) is 1. The van der Waals surface area contributed by atoms with Crippen LogP contribution in [0.3, 0.4) is 0 Å². The lowest BCUT2D eigenvalue weighted by molar-refractivity contribution is 0.0570. The molecule has 4 heteroatoms. The Labute approximate surface area is 132 Å². The van der Waals surface area contributed by atoms with Gasteiger partial charge in [-0.3, -0.25) is 4.90 Å². The predicted octanol–water partition coefficient (Wildman–Crippen LogP) is 2.73. The molecule has 3 rings (SSSR count). The summed E-state index contributed by atoms with van der Waals surface area (Å²) in [6, 6.07) is 4.27. The first-order valence-corrected chi connectivity index (χ1v) is 8.42. The van der Waals surface area contributed by atoms with Gasteiger partial charge in [0.15, 0.2) is 11.5 Å². The van der Waals surface area contributed by atoms with E-state index in [4.69, 9.17) is 4.74 Å². The molecule has 0 saturated carbocycles. The highest BCUT2D eigenvalue weighted by Crippen LogP contribution is 2.44. The zero-order chi connectivity index (χ0) is 15.7. The number of hydrogen-bond donors (Lipinski definition) is 2.